The standard InChI is InChI=1S/C13H14N2O3/c1-9(12(16)17)7-15-11-6-4-3-5-10(11)8-14(2)13(15)18/h3-6H,1,7-8H2,2H3,(H,16,17). The Hall–Kier alpha value is -2.30. The molecule has 1 heterocycles. The van der Waals surface area contributed by atoms with Crippen LogP contribution in [0.15, 0.2) is 36.4 Å². The molecule has 18 heavy (non-hydrogen) atoms. The van der Waals surface area contributed by atoms with Crippen molar-refractivity contribution in [1.29, 1.82) is 0 Å². The van der Waals surface area contributed by atoms with Crippen LogP contribution in [0.25, 0.3) is 0 Å². The number of anilines is 1. The van der Waals surface area contributed by atoms with Crippen molar-refractivity contribution < 1.29 is 14.7 Å². The van der Waals surface area contributed by atoms with Gasteiger partial charge in [-0.2, -0.15) is 0 Å². The molecule has 0 fully saturated rings. The van der Waals surface area contributed by atoms with Gasteiger partial charge in [-0.15, -0.1) is 0 Å². The van der Waals surface area contributed by atoms with Crippen molar-refractivity contribution in [3.8, 4) is 0 Å². The van der Waals surface area contributed by atoms with Gasteiger partial charge in [-0.1, -0.05) is 24.8 Å². The fraction of sp³-hybridized carbons (Fsp3) is 0.231. The van der Waals surface area contributed by atoms with Crippen molar-refractivity contribution in [3.63, 3.8) is 0 Å². The number of para-hydroxylation sites is 1. The molecule has 1 aromatic carbocycles. The number of carbonyl (C=O) groups excluding carboxylic acids is 1. The Morgan fingerprint density at radius 3 is 2.78 bits per heavy atom. The van der Waals surface area contributed by atoms with Gasteiger partial charge in [-0.25, -0.2) is 9.59 Å². The van der Waals surface area contributed by atoms with Gasteiger partial charge in [0, 0.05) is 19.2 Å². The normalized spacial score (nSPS) is 14.4. The summed E-state index contributed by atoms with van der Waals surface area (Å²) in [5, 5.41) is 8.86. The van der Waals surface area contributed by atoms with Gasteiger partial charge in [-0.05, 0) is 11.6 Å². The van der Waals surface area contributed by atoms with Gasteiger partial charge < -0.3 is 10.0 Å². The van der Waals surface area contributed by atoms with Gasteiger partial charge in [0.15, 0.2) is 0 Å². The first-order valence-corrected chi connectivity index (χ1v) is 5.52. The van der Waals surface area contributed by atoms with Crippen molar-refractivity contribution in [1.82, 2.24) is 4.90 Å². The molecular weight excluding hydrogens is 232 g/mol. The Morgan fingerprint density at radius 2 is 2.11 bits per heavy atom. The predicted octanol–water partition coefficient (Wildman–Crippen LogP) is 1.70. The van der Waals surface area contributed by atoms with Gasteiger partial charge in [-0.3, -0.25) is 4.90 Å². The van der Waals surface area contributed by atoms with Crippen molar-refractivity contribution in [2.24, 2.45) is 0 Å². The first kappa shape index (κ1) is 12.2. The number of aliphatic carboxylic acids is 1. The second-order valence-electron chi connectivity index (χ2n) is 4.26. The summed E-state index contributed by atoms with van der Waals surface area (Å²) >= 11 is 0. The number of amides is 2. The van der Waals surface area contributed by atoms with Crippen molar-refractivity contribution in [2.75, 3.05) is 18.5 Å². The molecule has 2 rings (SSSR count). The van der Waals surface area contributed by atoms with Crippen LogP contribution in [0.2, 0.25) is 0 Å². The molecule has 0 atom stereocenters. The summed E-state index contributed by atoms with van der Waals surface area (Å²) in [6, 6.07) is 7.25. The minimum Gasteiger partial charge on any atom is -0.478 e. The molecule has 0 aromatic heterocycles. The fourth-order valence-electron chi connectivity index (χ4n) is 1.95. The predicted molar refractivity (Wildman–Crippen MR) is 67.4 cm³/mol. The summed E-state index contributed by atoms with van der Waals surface area (Å²) in [6.07, 6.45) is 0. The Balaban J connectivity index is 2.35. The van der Waals surface area contributed by atoms with Crippen LogP contribution in [0.5, 0.6) is 0 Å². The topological polar surface area (TPSA) is 60.9 Å². The second kappa shape index (κ2) is 4.52. The lowest BCUT2D eigenvalue weighted by Gasteiger charge is -2.35. The molecule has 0 radical (unpaired) electrons. The number of carbonyl (C=O) groups is 2. The van der Waals surface area contributed by atoms with Crippen LogP contribution in [0, 0.1) is 0 Å². The van der Waals surface area contributed by atoms with E-state index in [1.807, 2.05) is 24.3 Å². The highest BCUT2D eigenvalue weighted by atomic mass is 16.4. The number of hydrogen-bond donors (Lipinski definition) is 1. The maximum Gasteiger partial charge on any atom is 0.332 e. The summed E-state index contributed by atoms with van der Waals surface area (Å²) in [7, 11) is 1.69. The Bertz CT molecular complexity index is 525. The number of fused-ring (bicyclic) bond motifs is 1. The maximum absolute atomic E-state index is 12.1. The molecule has 1 N–H and O–H groups in total. The van der Waals surface area contributed by atoms with E-state index in [1.54, 1.807) is 11.9 Å². The molecule has 0 saturated heterocycles. The summed E-state index contributed by atoms with van der Waals surface area (Å²) in [5.74, 6) is -1.09. The van der Waals surface area contributed by atoms with Crippen LogP contribution < -0.4 is 4.90 Å². The number of hydrogen-bond acceptors (Lipinski definition) is 2. The zero-order chi connectivity index (χ0) is 13.3. The smallest absolute Gasteiger partial charge is 0.332 e. The monoisotopic (exact) mass is 246 g/mol. The zero-order valence-electron chi connectivity index (χ0n) is 10.1. The lowest BCUT2D eigenvalue weighted by atomic mass is 10.1. The minimum absolute atomic E-state index is 0.00444. The lowest BCUT2D eigenvalue weighted by Crippen LogP contribution is -2.46. The average Bonchev–Trinajstić information content (AvgIpc) is 2.34. The molecule has 0 unspecified atom stereocenters. The molecule has 1 aromatic rings. The molecule has 2 amide bonds. The van der Waals surface area contributed by atoms with Crippen LogP contribution in [-0.4, -0.2) is 35.6 Å². The number of nitrogens with zero attached hydrogens (tertiary/aromatic N) is 2. The molecule has 1 aliphatic rings. The highest BCUT2D eigenvalue weighted by molar-refractivity contribution is 5.97. The van der Waals surface area contributed by atoms with E-state index in [9.17, 15) is 9.59 Å². The van der Waals surface area contributed by atoms with E-state index in [0.29, 0.717) is 6.54 Å². The van der Waals surface area contributed by atoms with Gasteiger partial charge in [0.1, 0.15) is 0 Å². The van der Waals surface area contributed by atoms with Crippen molar-refractivity contribution in [3.05, 3.63) is 42.0 Å². The zero-order valence-corrected chi connectivity index (χ0v) is 10.1. The molecular formula is C13H14N2O3. The fourth-order valence-corrected chi connectivity index (χ4v) is 1.95. The third kappa shape index (κ3) is 2.07. The maximum atomic E-state index is 12.1. The van der Waals surface area contributed by atoms with Crippen molar-refractivity contribution >= 4 is 17.7 Å². The number of rotatable bonds is 3. The SMILES string of the molecule is C=C(CN1C(=O)N(C)Cc2ccccc21)C(=O)O. The quantitative estimate of drug-likeness (QED) is 0.826. The molecule has 5 heteroatoms. The molecule has 0 aliphatic carbocycles. The first-order valence-electron chi connectivity index (χ1n) is 5.52. The van der Waals surface area contributed by atoms with Crippen LogP contribution in [-0.2, 0) is 11.3 Å². The van der Waals surface area contributed by atoms with E-state index in [-0.39, 0.29) is 18.1 Å². The highest BCUT2D eigenvalue weighted by Gasteiger charge is 2.28. The van der Waals surface area contributed by atoms with E-state index < -0.39 is 5.97 Å². The largest absolute Gasteiger partial charge is 0.478 e. The Kier molecular flexibility index (Phi) is 3.06. The van der Waals surface area contributed by atoms with Gasteiger partial charge in [0.05, 0.1) is 12.2 Å². The number of benzene rings is 1. The van der Waals surface area contributed by atoms with Crippen molar-refractivity contribution in [2.45, 2.75) is 6.54 Å². The molecule has 94 valence electrons. The van der Waals surface area contributed by atoms with Gasteiger partial charge >= 0.3 is 12.0 Å². The number of carboxylic acids is 1. The van der Waals surface area contributed by atoms with Crippen LogP contribution in [0.4, 0.5) is 10.5 Å². The van der Waals surface area contributed by atoms with Crippen LogP contribution in [0.1, 0.15) is 5.56 Å². The molecule has 0 bridgehead atoms. The molecule has 1 aliphatic heterocycles. The summed E-state index contributed by atoms with van der Waals surface area (Å²) < 4.78 is 0. The van der Waals surface area contributed by atoms with E-state index in [1.165, 1.54) is 4.90 Å². The molecule has 5 nitrogen and oxygen atoms in total. The van der Waals surface area contributed by atoms with E-state index >= 15 is 0 Å². The van der Waals surface area contributed by atoms with Gasteiger partial charge in [0.25, 0.3) is 0 Å². The number of urea groups is 1. The minimum atomic E-state index is -1.09. The Morgan fingerprint density at radius 1 is 1.44 bits per heavy atom. The number of carboxylic acid groups (broad SMARTS) is 1. The summed E-state index contributed by atoms with van der Waals surface area (Å²) in [6.45, 7) is 4.00. The van der Waals surface area contributed by atoms with E-state index in [0.717, 1.165) is 11.3 Å². The summed E-state index contributed by atoms with van der Waals surface area (Å²) in [5.41, 5.74) is 1.74. The third-order valence-corrected chi connectivity index (χ3v) is 2.90. The highest BCUT2D eigenvalue weighted by Crippen LogP contribution is 2.28. The summed E-state index contributed by atoms with van der Waals surface area (Å²) in [4.78, 5) is 25.9. The van der Waals surface area contributed by atoms with E-state index in [4.69, 9.17) is 5.11 Å². The average molecular weight is 246 g/mol. The first-order chi connectivity index (χ1) is 8.50. The van der Waals surface area contributed by atoms with Crippen LogP contribution in [0.3, 0.4) is 0 Å². The molecule has 0 spiro atoms. The molecule has 0 saturated carbocycles. The van der Waals surface area contributed by atoms with E-state index in [2.05, 4.69) is 6.58 Å². The third-order valence-electron chi connectivity index (χ3n) is 2.90. The van der Waals surface area contributed by atoms with Crippen LogP contribution >= 0.6 is 0 Å². The van der Waals surface area contributed by atoms with Gasteiger partial charge in [0.2, 0.25) is 0 Å². The second-order valence-corrected chi connectivity index (χ2v) is 4.26. The lowest BCUT2D eigenvalue weighted by molar-refractivity contribution is -0.132. The Labute approximate surface area is 105 Å².